The van der Waals surface area contributed by atoms with Gasteiger partial charge in [0, 0.05) is 5.39 Å². The van der Waals surface area contributed by atoms with Crippen molar-refractivity contribution in [3.63, 3.8) is 0 Å². The number of aryl methyl sites for hydroxylation is 1. The second-order valence-corrected chi connectivity index (χ2v) is 8.16. The first-order chi connectivity index (χ1) is 15.3. The topological polar surface area (TPSA) is 149 Å². The Hall–Kier alpha value is -3.34. The summed E-state index contributed by atoms with van der Waals surface area (Å²) in [6, 6.07) is 4.03. The molecule has 4 aromatic rings. The lowest BCUT2D eigenvalue weighted by Crippen LogP contribution is -2.29. The van der Waals surface area contributed by atoms with E-state index in [-0.39, 0.29) is 22.0 Å². The lowest BCUT2D eigenvalue weighted by atomic mass is 10.0. The fraction of sp³-hybridized carbons (Fsp3) is 0.238. The van der Waals surface area contributed by atoms with Crippen LogP contribution in [0.25, 0.3) is 22.1 Å². The number of anilines is 2. The molecule has 3 aromatic heterocycles. The number of aromatic nitrogens is 5. The second-order valence-electron chi connectivity index (χ2n) is 7.75. The van der Waals surface area contributed by atoms with Gasteiger partial charge in [0.25, 0.3) is 0 Å². The summed E-state index contributed by atoms with van der Waals surface area (Å²) < 4.78 is 16.2. The molecular weight excluding hydrogens is 437 g/mol. The van der Waals surface area contributed by atoms with Gasteiger partial charge in [-0.2, -0.15) is 0 Å². The van der Waals surface area contributed by atoms with Crippen LogP contribution in [0.5, 0.6) is 0 Å². The van der Waals surface area contributed by atoms with Gasteiger partial charge < -0.3 is 26.2 Å². The third-order valence-electron chi connectivity index (χ3n) is 5.77. The molecule has 9 nitrogen and oxygen atoms in total. The Labute approximate surface area is 186 Å². The number of aliphatic hydroxyl groups is 2. The predicted molar refractivity (Wildman–Crippen MR) is 118 cm³/mol. The minimum atomic E-state index is -1.09. The summed E-state index contributed by atoms with van der Waals surface area (Å²) in [6.07, 6.45) is 3.29. The lowest BCUT2D eigenvalue weighted by molar-refractivity contribution is 0.0316. The normalized spacial score (nSPS) is 20.9. The molecule has 2 unspecified atom stereocenters. The molecule has 0 radical (unpaired) electrons. The smallest absolute Gasteiger partial charge is 0.166 e. The van der Waals surface area contributed by atoms with Gasteiger partial charge in [-0.1, -0.05) is 17.7 Å². The van der Waals surface area contributed by atoms with Gasteiger partial charge in [-0.05, 0) is 42.2 Å². The highest BCUT2D eigenvalue weighted by Gasteiger charge is 2.36. The van der Waals surface area contributed by atoms with E-state index in [2.05, 4.69) is 19.9 Å². The number of rotatable bonds is 4. The highest BCUT2D eigenvalue weighted by molar-refractivity contribution is 6.33. The first-order valence-corrected chi connectivity index (χ1v) is 10.2. The third kappa shape index (κ3) is 3.32. The standard InChI is InChI=1S/C21H19ClFN7O2/c22-12-6-11-13(23)3-9(4-14(11)29-19(12)24)1-2-10-5-15(18(32)17(10)31)30-8-28-16-20(25)26-7-27-21(16)30/h3-8,15,17-18,31-32H,1-2H2,(H2,24,29)(H2,25,26,27)/t15?,17?,18-/m1/s1. The first-order valence-electron chi connectivity index (χ1n) is 9.87. The van der Waals surface area contributed by atoms with E-state index in [1.165, 1.54) is 24.8 Å². The van der Waals surface area contributed by atoms with Crippen molar-refractivity contribution < 1.29 is 14.6 Å². The molecule has 0 spiro atoms. The molecule has 0 saturated carbocycles. The van der Waals surface area contributed by atoms with Crippen molar-refractivity contribution in [2.45, 2.75) is 31.1 Å². The van der Waals surface area contributed by atoms with Crippen LogP contribution in [0.3, 0.4) is 0 Å². The molecule has 164 valence electrons. The Balaban J connectivity index is 1.42. The monoisotopic (exact) mass is 455 g/mol. The zero-order valence-electron chi connectivity index (χ0n) is 16.7. The van der Waals surface area contributed by atoms with E-state index >= 15 is 0 Å². The Morgan fingerprint density at radius 2 is 1.88 bits per heavy atom. The number of benzene rings is 1. The van der Waals surface area contributed by atoms with Crippen LogP contribution in [0, 0.1) is 5.82 Å². The molecule has 5 rings (SSSR count). The maximum Gasteiger partial charge on any atom is 0.166 e. The van der Waals surface area contributed by atoms with Gasteiger partial charge in [0.15, 0.2) is 11.5 Å². The molecule has 1 aromatic carbocycles. The minimum absolute atomic E-state index is 0.132. The highest BCUT2D eigenvalue weighted by Crippen LogP contribution is 2.34. The number of pyridine rings is 1. The minimum Gasteiger partial charge on any atom is -0.388 e. The van der Waals surface area contributed by atoms with Crippen molar-refractivity contribution in [1.29, 1.82) is 0 Å². The van der Waals surface area contributed by atoms with E-state index in [0.29, 0.717) is 40.7 Å². The molecule has 32 heavy (non-hydrogen) atoms. The fourth-order valence-corrected chi connectivity index (χ4v) is 4.25. The molecular formula is C21H19ClFN7O2. The van der Waals surface area contributed by atoms with Gasteiger partial charge in [0.05, 0.1) is 22.9 Å². The van der Waals surface area contributed by atoms with Crippen LogP contribution >= 0.6 is 11.6 Å². The molecule has 1 aliphatic rings. The summed E-state index contributed by atoms with van der Waals surface area (Å²) in [5, 5.41) is 21.7. The summed E-state index contributed by atoms with van der Waals surface area (Å²) in [6.45, 7) is 0. The molecule has 0 aliphatic heterocycles. The van der Waals surface area contributed by atoms with Crippen LogP contribution in [0.2, 0.25) is 5.02 Å². The number of halogens is 2. The van der Waals surface area contributed by atoms with Crippen LogP contribution in [0.4, 0.5) is 16.0 Å². The lowest BCUT2D eigenvalue weighted by Gasteiger charge is -2.19. The fourth-order valence-electron chi connectivity index (χ4n) is 4.10. The first kappa shape index (κ1) is 20.6. The number of imidazole rings is 1. The van der Waals surface area contributed by atoms with E-state index in [1.54, 1.807) is 16.7 Å². The number of aliphatic hydroxyl groups excluding tert-OH is 2. The largest absolute Gasteiger partial charge is 0.388 e. The second kappa shape index (κ2) is 7.66. The van der Waals surface area contributed by atoms with Gasteiger partial charge >= 0.3 is 0 Å². The summed E-state index contributed by atoms with van der Waals surface area (Å²) in [7, 11) is 0. The van der Waals surface area contributed by atoms with Gasteiger partial charge in [-0.15, -0.1) is 0 Å². The van der Waals surface area contributed by atoms with Crippen molar-refractivity contribution in [2.24, 2.45) is 0 Å². The Morgan fingerprint density at radius 1 is 1.06 bits per heavy atom. The zero-order valence-corrected chi connectivity index (χ0v) is 17.4. The molecule has 0 amide bonds. The Bertz CT molecular complexity index is 1390. The van der Waals surface area contributed by atoms with Gasteiger partial charge in [-0.25, -0.2) is 24.3 Å². The number of nitrogens with two attached hydrogens (primary N) is 2. The van der Waals surface area contributed by atoms with Crippen molar-refractivity contribution in [1.82, 2.24) is 24.5 Å². The average Bonchev–Trinajstić information content (AvgIpc) is 3.31. The van der Waals surface area contributed by atoms with Crippen molar-refractivity contribution in [2.75, 3.05) is 11.5 Å². The van der Waals surface area contributed by atoms with Crippen molar-refractivity contribution in [3.8, 4) is 0 Å². The quantitative estimate of drug-likeness (QED) is 0.342. The third-order valence-corrected chi connectivity index (χ3v) is 6.08. The number of nitrogens with zero attached hydrogens (tertiary/aromatic N) is 5. The van der Waals surface area contributed by atoms with Gasteiger partial charge in [-0.3, -0.25) is 0 Å². The Kier molecular flexibility index (Phi) is 4.92. The molecule has 1 aliphatic carbocycles. The van der Waals surface area contributed by atoms with Crippen LogP contribution in [-0.2, 0) is 6.42 Å². The average molecular weight is 456 g/mol. The van der Waals surface area contributed by atoms with Crippen LogP contribution in [0.15, 0.2) is 42.5 Å². The van der Waals surface area contributed by atoms with Crippen molar-refractivity contribution >= 4 is 45.3 Å². The van der Waals surface area contributed by atoms with Gasteiger partial charge in [0.2, 0.25) is 0 Å². The van der Waals surface area contributed by atoms with Gasteiger partial charge in [0.1, 0.15) is 35.7 Å². The molecule has 0 bridgehead atoms. The number of nitrogen functional groups attached to an aromatic ring is 2. The van der Waals surface area contributed by atoms with E-state index in [4.69, 9.17) is 23.1 Å². The van der Waals surface area contributed by atoms with Crippen LogP contribution < -0.4 is 11.5 Å². The van der Waals surface area contributed by atoms with Crippen LogP contribution in [0.1, 0.15) is 18.0 Å². The predicted octanol–water partition coefficient (Wildman–Crippen LogP) is 2.17. The molecule has 3 heterocycles. The van der Waals surface area contributed by atoms with E-state index in [1.807, 2.05) is 0 Å². The summed E-state index contributed by atoms with van der Waals surface area (Å²) in [4.78, 5) is 16.5. The zero-order chi connectivity index (χ0) is 22.6. The number of hydrogen-bond acceptors (Lipinski definition) is 8. The molecule has 3 atom stereocenters. The van der Waals surface area contributed by atoms with E-state index < -0.39 is 24.1 Å². The SMILES string of the molecule is Nc1nc2cc(CCC3=CC(n4cnc5c(N)ncnc54)[C@@H](O)C3O)cc(F)c2cc1Cl. The highest BCUT2D eigenvalue weighted by atomic mass is 35.5. The molecule has 11 heteroatoms. The summed E-state index contributed by atoms with van der Waals surface area (Å²) in [5.74, 6) is -0.0830. The molecule has 6 N–H and O–H groups in total. The van der Waals surface area contributed by atoms with E-state index in [0.717, 1.165) is 0 Å². The number of hydrogen-bond donors (Lipinski definition) is 4. The van der Waals surface area contributed by atoms with Crippen LogP contribution in [-0.4, -0.2) is 46.9 Å². The summed E-state index contributed by atoms with van der Waals surface area (Å²) in [5.41, 5.74) is 14.2. The molecule has 0 fully saturated rings. The molecule has 0 saturated heterocycles. The summed E-state index contributed by atoms with van der Waals surface area (Å²) >= 11 is 5.94. The maximum absolute atomic E-state index is 14.6. The maximum atomic E-state index is 14.6. The number of fused-ring (bicyclic) bond motifs is 2. The van der Waals surface area contributed by atoms with E-state index in [9.17, 15) is 14.6 Å². The Morgan fingerprint density at radius 3 is 2.69 bits per heavy atom. The van der Waals surface area contributed by atoms with Crippen molar-refractivity contribution in [3.05, 3.63) is 58.9 Å².